The van der Waals surface area contributed by atoms with Gasteiger partial charge < -0.3 is 4.74 Å². The SMILES string of the molecule is COC(Br)C1CCCCC1. The van der Waals surface area contributed by atoms with Crippen LogP contribution in [-0.4, -0.2) is 12.1 Å². The van der Waals surface area contributed by atoms with Crippen molar-refractivity contribution in [3.8, 4) is 0 Å². The van der Waals surface area contributed by atoms with E-state index < -0.39 is 0 Å². The van der Waals surface area contributed by atoms with E-state index in [4.69, 9.17) is 4.74 Å². The van der Waals surface area contributed by atoms with Gasteiger partial charge in [0.25, 0.3) is 0 Å². The van der Waals surface area contributed by atoms with Gasteiger partial charge in [-0.15, -0.1) is 0 Å². The number of halogens is 1. The highest BCUT2D eigenvalue weighted by atomic mass is 79.9. The Morgan fingerprint density at radius 2 is 1.90 bits per heavy atom. The molecule has 2 heteroatoms. The lowest BCUT2D eigenvalue weighted by atomic mass is 9.90. The molecule has 0 aromatic rings. The molecule has 1 nitrogen and oxygen atoms in total. The maximum atomic E-state index is 5.21. The van der Waals surface area contributed by atoms with Crippen molar-refractivity contribution < 1.29 is 4.74 Å². The first-order valence-corrected chi connectivity index (χ1v) is 4.93. The van der Waals surface area contributed by atoms with Gasteiger partial charge in [0, 0.05) is 7.11 Å². The molecule has 1 saturated carbocycles. The molecule has 0 bridgehead atoms. The lowest BCUT2D eigenvalue weighted by molar-refractivity contribution is 0.108. The standard InChI is InChI=1S/C8H15BrO/c1-10-8(9)7-5-3-2-4-6-7/h7-8H,2-6H2,1H3. The van der Waals surface area contributed by atoms with Gasteiger partial charge in [-0.3, -0.25) is 0 Å². The number of ether oxygens (including phenoxy) is 1. The van der Waals surface area contributed by atoms with E-state index in [1.165, 1.54) is 32.1 Å². The zero-order chi connectivity index (χ0) is 7.40. The molecule has 1 aliphatic rings. The molecule has 0 heterocycles. The maximum absolute atomic E-state index is 5.21. The van der Waals surface area contributed by atoms with Gasteiger partial charge in [-0.25, -0.2) is 0 Å². The highest BCUT2D eigenvalue weighted by Crippen LogP contribution is 2.29. The lowest BCUT2D eigenvalue weighted by Crippen LogP contribution is -2.18. The van der Waals surface area contributed by atoms with Gasteiger partial charge in [0.15, 0.2) is 0 Å². The fourth-order valence-corrected chi connectivity index (χ4v) is 2.12. The van der Waals surface area contributed by atoms with E-state index in [0.717, 1.165) is 5.92 Å². The number of rotatable bonds is 2. The maximum Gasteiger partial charge on any atom is 0.114 e. The summed E-state index contributed by atoms with van der Waals surface area (Å²) in [7, 11) is 1.77. The first-order chi connectivity index (χ1) is 4.84. The first-order valence-electron chi connectivity index (χ1n) is 4.01. The third-order valence-corrected chi connectivity index (χ3v) is 3.37. The van der Waals surface area contributed by atoms with Gasteiger partial charge >= 0.3 is 0 Å². The summed E-state index contributed by atoms with van der Waals surface area (Å²) in [6, 6.07) is 0. The van der Waals surface area contributed by atoms with Crippen molar-refractivity contribution >= 4 is 15.9 Å². The molecular formula is C8H15BrO. The Morgan fingerprint density at radius 1 is 1.30 bits per heavy atom. The van der Waals surface area contributed by atoms with E-state index >= 15 is 0 Å². The van der Waals surface area contributed by atoms with Gasteiger partial charge in [-0.05, 0) is 18.8 Å². The Morgan fingerprint density at radius 3 is 2.40 bits per heavy atom. The molecular weight excluding hydrogens is 192 g/mol. The first kappa shape index (κ1) is 8.54. The Kier molecular flexibility index (Phi) is 3.71. The Balaban J connectivity index is 2.24. The quantitative estimate of drug-likeness (QED) is 0.632. The van der Waals surface area contributed by atoms with Crippen LogP contribution in [0.4, 0.5) is 0 Å². The molecule has 1 atom stereocenters. The van der Waals surface area contributed by atoms with Crippen molar-refractivity contribution in [2.75, 3.05) is 7.11 Å². The smallest absolute Gasteiger partial charge is 0.114 e. The zero-order valence-electron chi connectivity index (χ0n) is 6.48. The summed E-state index contributed by atoms with van der Waals surface area (Å²) in [4.78, 5) is 0. The monoisotopic (exact) mass is 206 g/mol. The third-order valence-electron chi connectivity index (χ3n) is 2.25. The van der Waals surface area contributed by atoms with Crippen LogP contribution in [0.25, 0.3) is 0 Å². The van der Waals surface area contributed by atoms with Crippen molar-refractivity contribution in [2.24, 2.45) is 5.92 Å². The van der Waals surface area contributed by atoms with Gasteiger partial charge in [0.2, 0.25) is 0 Å². The van der Waals surface area contributed by atoms with Crippen molar-refractivity contribution in [3.63, 3.8) is 0 Å². The minimum Gasteiger partial charge on any atom is -0.370 e. The second kappa shape index (κ2) is 4.35. The molecule has 60 valence electrons. The summed E-state index contributed by atoms with van der Waals surface area (Å²) < 4.78 is 5.21. The molecule has 1 fully saturated rings. The molecule has 0 aromatic heterocycles. The number of hydrogen-bond acceptors (Lipinski definition) is 1. The van der Waals surface area contributed by atoms with Crippen LogP contribution in [0.2, 0.25) is 0 Å². The van der Waals surface area contributed by atoms with Crippen LogP contribution in [-0.2, 0) is 4.74 Å². The second-order valence-electron chi connectivity index (χ2n) is 2.98. The predicted octanol–water partition coefficient (Wildman–Crippen LogP) is 2.93. The van der Waals surface area contributed by atoms with Gasteiger partial charge in [-0.2, -0.15) is 0 Å². The summed E-state index contributed by atoms with van der Waals surface area (Å²) in [6.45, 7) is 0. The van der Waals surface area contributed by atoms with Gasteiger partial charge in [0.05, 0.1) is 0 Å². The minimum atomic E-state index is 0.299. The molecule has 0 amide bonds. The highest BCUT2D eigenvalue weighted by Gasteiger charge is 2.20. The van der Waals surface area contributed by atoms with Crippen molar-refractivity contribution in [3.05, 3.63) is 0 Å². The third kappa shape index (κ3) is 2.24. The van der Waals surface area contributed by atoms with E-state index in [1.54, 1.807) is 7.11 Å². The summed E-state index contributed by atoms with van der Waals surface area (Å²) >= 11 is 3.52. The van der Waals surface area contributed by atoms with E-state index in [2.05, 4.69) is 15.9 Å². The molecule has 0 aromatic carbocycles. The minimum absolute atomic E-state index is 0.299. The molecule has 10 heavy (non-hydrogen) atoms. The van der Waals surface area contributed by atoms with Crippen LogP contribution in [0.3, 0.4) is 0 Å². The largest absolute Gasteiger partial charge is 0.370 e. The summed E-state index contributed by atoms with van der Waals surface area (Å²) in [5.74, 6) is 0.763. The number of alkyl halides is 1. The average molecular weight is 207 g/mol. The van der Waals surface area contributed by atoms with Gasteiger partial charge in [0.1, 0.15) is 5.01 Å². The zero-order valence-corrected chi connectivity index (χ0v) is 8.06. The summed E-state index contributed by atoms with van der Waals surface area (Å²) in [5.41, 5.74) is 0. The Bertz CT molecular complexity index is 89.3. The van der Waals surface area contributed by atoms with E-state index in [-0.39, 0.29) is 0 Å². The van der Waals surface area contributed by atoms with Crippen molar-refractivity contribution in [2.45, 2.75) is 37.1 Å². The number of hydrogen-bond donors (Lipinski definition) is 0. The predicted molar refractivity (Wildman–Crippen MR) is 46.3 cm³/mol. The van der Waals surface area contributed by atoms with Crippen LogP contribution in [0.15, 0.2) is 0 Å². The molecule has 1 rings (SSSR count). The lowest BCUT2D eigenvalue weighted by Gasteiger charge is -2.24. The van der Waals surface area contributed by atoms with E-state index in [0.29, 0.717) is 5.01 Å². The topological polar surface area (TPSA) is 9.23 Å². The fraction of sp³-hybridized carbons (Fsp3) is 1.00. The van der Waals surface area contributed by atoms with E-state index in [1.807, 2.05) is 0 Å². The molecule has 1 aliphatic carbocycles. The second-order valence-corrected chi connectivity index (χ2v) is 3.89. The fourth-order valence-electron chi connectivity index (χ4n) is 1.59. The molecule has 0 spiro atoms. The molecule has 1 unspecified atom stereocenters. The van der Waals surface area contributed by atoms with Crippen LogP contribution in [0, 0.1) is 5.92 Å². The normalized spacial score (nSPS) is 24.6. The molecule has 0 aliphatic heterocycles. The number of methoxy groups -OCH3 is 1. The highest BCUT2D eigenvalue weighted by molar-refractivity contribution is 9.09. The van der Waals surface area contributed by atoms with Crippen molar-refractivity contribution in [1.29, 1.82) is 0 Å². The summed E-state index contributed by atoms with van der Waals surface area (Å²) in [6.07, 6.45) is 6.86. The molecule has 0 N–H and O–H groups in total. The average Bonchev–Trinajstić information content (AvgIpc) is 2.05. The Labute approximate surface area is 71.3 Å². The van der Waals surface area contributed by atoms with Crippen LogP contribution in [0.5, 0.6) is 0 Å². The van der Waals surface area contributed by atoms with Crippen LogP contribution < -0.4 is 0 Å². The van der Waals surface area contributed by atoms with Crippen molar-refractivity contribution in [1.82, 2.24) is 0 Å². The molecule has 0 radical (unpaired) electrons. The summed E-state index contributed by atoms with van der Waals surface area (Å²) in [5, 5.41) is 0.299. The van der Waals surface area contributed by atoms with Crippen LogP contribution >= 0.6 is 15.9 Å². The molecule has 0 saturated heterocycles. The van der Waals surface area contributed by atoms with Crippen LogP contribution in [0.1, 0.15) is 32.1 Å². The van der Waals surface area contributed by atoms with Gasteiger partial charge in [-0.1, -0.05) is 35.2 Å². The van der Waals surface area contributed by atoms with E-state index in [9.17, 15) is 0 Å². The Hall–Kier alpha value is 0.440.